The third-order valence-electron chi connectivity index (χ3n) is 2.21. The zero-order valence-corrected chi connectivity index (χ0v) is 10.3. The fourth-order valence-electron chi connectivity index (χ4n) is 1.48. The van der Waals surface area contributed by atoms with Crippen molar-refractivity contribution >= 4 is 10.0 Å². The summed E-state index contributed by atoms with van der Waals surface area (Å²) < 4.78 is 26.3. The average molecular weight is 243 g/mol. The minimum absolute atomic E-state index is 0.0500. The van der Waals surface area contributed by atoms with E-state index in [1.165, 1.54) is 24.3 Å². The maximum Gasteiger partial charge on any atom is 0.240 e. The van der Waals surface area contributed by atoms with Gasteiger partial charge in [0.05, 0.1) is 4.90 Å². The summed E-state index contributed by atoms with van der Waals surface area (Å²) in [6, 6.07) is 5.54. The highest BCUT2D eigenvalue weighted by molar-refractivity contribution is 7.89. The molecule has 0 radical (unpaired) electrons. The Morgan fingerprint density at radius 1 is 1.44 bits per heavy atom. The van der Waals surface area contributed by atoms with Gasteiger partial charge in [0.25, 0.3) is 0 Å². The Labute approximate surface area is 96.4 Å². The van der Waals surface area contributed by atoms with Crippen molar-refractivity contribution in [3.63, 3.8) is 0 Å². The van der Waals surface area contributed by atoms with Crippen LogP contribution in [0.15, 0.2) is 29.2 Å². The highest BCUT2D eigenvalue weighted by Gasteiger charge is 2.16. The Morgan fingerprint density at radius 3 is 2.69 bits per heavy atom. The molecule has 1 atom stereocenters. The number of hydrogen-bond donors (Lipinski definition) is 2. The van der Waals surface area contributed by atoms with Crippen LogP contribution in [-0.4, -0.2) is 19.6 Å². The maximum absolute atomic E-state index is 11.8. The van der Waals surface area contributed by atoms with Crippen LogP contribution in [0.3, 0.4) is 0 Å². The number of benzene rings is 1. The molecular formula is C11H17NO3S. The Morgan fingerprint density at radius 2 is 2.12 bits per heavy atom. The van der Waals surface area contributed by atoms with Crippen LogP contribution in [0.1, 0.15) is 26.7 Å². The SMILES string of the molecule is CCCC(C)NS(=O)(=O)c1cccc(O)c1. The Hall–Kier alpha value is -1.07. The van der Waals surface area contributed by atoms with Crippen LogP contribution in [0, 0.1) is 0 Å². The lowest BCUT2D eigenvalue weighted by Crippen LogP contribution is -2.32. The van der Waals surface area contributed by atoms with E-state index in [1.807, 2.05) is 13.8 Å². The number of hydrogen-bond acceptors (Lipinski definition) is 3. The van der Waals surface area contributed by atoms with Crippen molar-refractivity contribution in [2.24, 2.45) is 0 Å². The fourth-order valence-corrected chi connectivity index (χ4v) is 2.79. The van der Waals surface area contributed by atoms with Crippen molar-refractivity contribution in [3.8, 4) is 5.75 Å². The van der Waals surface area contributed by atoms with Crippen LogP contribution in [-0.2, 0) is 10.0 Å². The zero-order chi connectivity index (χ0) is 12.2. The second-order valence-corrected chi connectivity index (χ2v) is 5.52. The van der Waals surface area contributed by atoms with E-state index in [1.54, 1.807) is 0 Å². The zero-order valence-electron chi connectivity index (χ0n) is 9.47. The summed E-state index contributed by atoms with van der Waals surface area (Å²) >= 11 is 0. The minimum Gasteiger partial charge on any atom is -0.508 e. The van der Waals surface area contributed by atoms with Gasteiger partial charge in [-0.05, 0) is 31.5 Å². The van der Waals surface area contributed by atoms with Crippen molar-refractivity contribution < 1.29 is 13.5 Å². The standard InChI is InChI=1S/C11H17NO3S/c1-3-5-9(2)12-16(14,15)11-7-4-6-10(13)8-11/h4,6-9,12-13H,3,5H2,1-2H3. The molecular weight excluding hydrogens is 226 g/mol. The van der Waals surface area contributed by atoms with Gasteiger partial charge in [-0.2, -0.15) is 0 Å². The molecule has 2 N–H and O–H groups in total. The van der Waals surface area contributed by atoms with Crippen LogP contribution in [0.5, 0.6) is 5.75 Å². The molecule has 1 aromatic carbocycles. The van der Waals surface area contributed by atoms with Crippen LogP contribution in [0.25, 0.3) is 0 Å². The number of phenols is 1. The van der Waals surface area contributed by atoms with Crippen molar-refractivity contribution in [2.45, 2.75) is 37.6 Å². The van der Waals surface area contributed by atoms with Crippen molar-refractivity contribution in [2.75, 3.05) is 0 Å². The van der Waals surface area contributed by atoms with Gasteiger partial charge in [0.2, 0.25) is 10.0 Å². The lowest BCUT2D eigenvalue weighted by atomic mass is 10.2. The maximum atomic E-state index is 11.8. The van der Waals surface area contributed by atoms with Crippen LogP contribution in [0.2, 0.25) is 0 Å². The normalized spacial score (nSPS) is 13.6. The fraction of sp³-hybridized carbons (Fsp3) is 0.455. The molecule has 0 heterocycles. The van der Waals surface area contributed by atoms with Gasteiger partial charge in [-0.15, -0.1) is 0 Å². The molecule has 0 fully saturated rings. The van der Waals surface area contributed by atoms with E-state index < -0.39 is 10.0 Å². The monoisotopic (exact) mass is 243 g/mol. The molecule has 0 aliphatic carbocycles. The van der Waals surface area contributed by atoms with Gasteiger partial charge in [-0.3, -0.25) is 0 Å². The number of nitrogens with one attached hydrogen (secondary N) is 1. The highest BCUT2D eigenvalue weighted by atomic mass is 32.2. The summed E-state index contributed by atoms with van der Waals surface area (Å²) in [5.41, 5.74) is 0. The van der Waals surface area contributed by atoms with Crippen LogP contribution >= 0.6 is 0 Å². The Balaban J connectivity index is 2.86. The molecule has 0 spiro atoms. The first-order valence-electron chi connectivity index (χ1n) is 5.27. The summed E-state index contributed by atoms with van der Waals surface area (Å²) in [7, 11) is -3.51. The van der Waals surface area contributed by atoms with E-state index in [0.717, 1.165) is 12.8 Å². The van der Waals surface area contributed by atoms with Crippen molar-refractivity contribution in [3.05, 3.63) is 24.3 Å². The third-order valence-corrected chi connectivity index (χ3v) is 3.79. The Bertz CT molecular complexity index is 442. The third kappa shape index (κ3) is 3.50. The quantitative estimate of drug-likeness (QED) is 0.829. The first-order valence-corrected chi connectivity index (χ1v) is 6.75. The van der Waals surface area contributed by atoms with E-state index in [0.29, 0.717) is 0 Å². The van der Waals surface area contributed by atoms with Gasteiger partial charge in [-0.25, -0.2) is 13.1 Å². The number of sulfonamides is 1. The highest BCUT2D eigenvalue weighted by Crippen LogP contribution is 2.16. The van der Waals surface area contributed by atoms with Gasteiger partial charge in [-0.1, -0.05) is 19.4 Å². The summed E-state index contributed by atoms with van der Waals surface area (Å²) in [6.07, 6.45) is 1.71. The molecule has 1 rings (SSSR count). The first-order chi connectivity index (χ1) is 7.45. The van der Waals surface area contributed by atoms with Gasteiger partial charge in [0.1, 0.15) is 5.75 Å². The lowest BCUT2D eigenvalue weighted by molar-refractivity contribution is 0.472. The molecule has 1 unspecified atom stereocenters. The average Bonchev–Trinajstić information content (AvgIpc) is 2.17. The predicted octanol–water partition coefficient (Wildman–Crippen LogP) is 1.86. The number of aromatic hydroxyl groups is 1. The van der Waals surface area contributed by atoms with E-state index >= 15 is 0 Å². The molecule has 5 heteroatoms. The summed E-state index contributed by atoms with van der Waals surface area (Å²) in [4.78, 5) is 0.0930. The van der Waals surface area contributed by atoms with Crippen LogP contribution in [0.4, 0.5) is 0 Å². The van der Waals surface area contributed by atoms with Crippen molar-refractivity contribution in [1.29, 1.82) is 0 Å². The topological polar surface area (TPSA) is 66.4 Å². The van der Waals surface area contributed by atoms with E-state index in [-0.39, 0.29) is 16.7 Å². The summed E-state index contributed by atoms with van der Waals surface area (Å²) in [5, 5.41) is 9.22. The van der Waals surface area contributed by atoms with E-state index in [4.69, 9.17) is 0 Å². The molecule has 4 nitrogen and oxygen atoms in total. The summed E-state index contributed by atoms with van der Waals surface area (Å²) in [6.45, 7) is 3.82. The molecule has 0 bridgehead atoms. The molecule has 90 valence electrons. The second-order valence-electron chi connectivity index (χ2n) is 3.81. The molecule has 1 aromatic rings. The molecule has 0 aliphatic rings. The predicted molar refractivity (Wildman–Crippen MR) is 62.8 cm³/mol. The first kappa shape index (κ1) is 13.0. The Kier molecular flexibility index (Phi) is 4.32. The summed E-state index contributed by atoms with van der Waals surface area (Å²) in [5.74, 6) is -0.0500. The number of rotatable bonds is 5. The van der Waals surface area contributed by atoms with Crippen molar-refractivity contribution in [1.82, 2.24) is 4.72 Å². The number of phenolic OH excluding ortho intramolecular Hbond substituents is 1. The van der Waals surface area contributed by atoms with Crippen LogP contribution < -0.4 is 4.72 Å². The van der Waals surface area contributed by atoms with Gasteiger partial charge >= 0.3 is 0 Å². The molecule has 0 aromatic heterocycles. The molecule has 16 heavy (non-hydrogen) atoms. The smallest absolute Gasteiger partial charge is 0.240 e. The second kappa shape index (κ2) is 5.32. The van der Waals surface area contributed by atoms with Gasteiger partial charge < -0.3 is 5.11 Å². The largest absolute Gasteiger partial charge is 0.508 e. The molecule has 0 amide bonds. The minimum atomic E-state index is -3.51. The van der Waals surface area contributed by atoms with E-state index in [2.05, 4.69) is 4.72 Å². The molecule has 0 aliphatic heterocycles. The molecule has 0 saturated carbocycles. The molecule has 0 saturated heterocycles. The van der Waals surface area contributed by atoms with Gasteiger partial charge in [0.15, 0.2) is 0 Å². The van der Waals surface area contributed by atoms with Gasteiger partial charge in [0, 0.05) is 6.04 Å². The lowest BCUT2D eigenvalue weighted by Gasteiger charge is -2.13. The van der Waals surface area contributed by atoms with E-state index in [9.17, 15) is 13.5 Å².